The lowest BCUT2D eigenvalue weighted by atomic mass is 9.98. The number of nitrogens with zero attached hydrogens (tertiary/aromatic N) is 11. The van der Waals surface area contributed by atoms with Gasteiger partial charge in [0.05, 0.1) is 85.3 Å². The molecule has 0 saturated heterocycles. The van der Waals surface area contributed by atoms with E-state index in [2.05, 4.69) is 51.0 Å². The van der Waals surface area contributed by atoms with E-state index in [1.807, 2.05) is 204 Å². The van der Waals surface area contributed by atoms with Gasteiger partial charge in [0.15, 0.2) is 5.65 Å². The Hall–Kier alpha value is -12.9. The van der Waals surface area contributed by atoms with E-state index in [1.54, 1.807) is 101 Å². The van der Waals surface area contributed by atoms with Crippen molar-refractivity contribution >= 4 is 89.8 Å². The van der Waals surface area contributed by atoms with Crippen LogP contribution in [-0.4, -0.2) is 78.1 Å². The number of halogens is 2. The summed E-state index contributed by atoms with van der Waals surface area (Å²) in [5.41, 5.74) is 10.3. The minimum absolute atomic E-state index is 0.192. The molecule has 23 heteroatoms. The van der Waals surface area contributed by atoms with Crippen LogP contribution in [0, 0.1) is 34.6 Å². The molecule has 528 valence electrons. The second kappa shape index (κ2) is 30.6. The Morgan fingerprint density at radius 1 is 0.443 bits per heavy atom. The summed E-state index contributed by atoms with van der Waals surface area (Å²) in [7, 11) is 1.56. The number of para-hydroxylation sites is 3. The summed E-state index contributed by atoms with van der Waals surface area (Å²) in [6.45, 7) is 14.6. The molecule has 15 aromatic rings. The quantitative estimate of drug-likeness (QED) is 0.0915. The average Bonchev–Trinajstić information content (AvgIpc) is 0.841. The van der Waals surface area contributed by atoms with Crippen molar-refractivity contribution in [3.63, 3.8) is 0 Å². The van der Waals surface area contributed by atoms with Gasteiger partial charge in [-0.2, -0.15) is 5.10 Å². The lowest BCUT2D eigenvalue weighted by Gasteiger charge is -2.22. The third-order valence-electron chi connectivity index (χ3n) is 18.2. The molecule has 15 rings (SSSR count). The Bertz CT molecular complexity index is 6130. The zero-order chi connectivity index (χ0) is 74.6. The van der Waals surface area contributed by atoms with Gasteiger partial charge < -0.3 is 20.7 Å². The third kappa shape index (κ3) is 14.4. The Morgan fingerprint density at radius 2 is 0.934 bits per heavy atom. The molecule has 3 N–H and O–H groups in total. The highest BCUT2D eigenvalue weighted by atomic mass is 35.5. The smallest absolute Gasteiger partial charge is 0.272 e. The van der Waals surface area contributed by atoms with Crippen LogP contribution in [0.1, 0.15) is 116 Å². The van der Waals surface area contributed by atoms with Gasteiger partial charge in [0.1, 0.15) is 11.3 Å². The highest BCUT2D eigenvalue weighted by Gasteiger charge is 2.27. The van der Waals surface area contributed by atoms with Crippen molar-refractivity contribution < 1.29 is 19.1 Å². The maximum Gasteiger partial charge on any atom is 0.272 e. The summed E-state index contributed by atoms with van der Waals surface area (Å²) in [5, 5.41) is 18.7. The Balaban J connectivity index is 0.000000141. The predicted octanol–water partition coefficient (Wildman–Crippen LogP) is 15.1. The largest absolute Gasteiger partial charge is 0.481 e. The first-order chi connectivity index (χ1) is 51.2. The molecule has 0 aliphatic rings. The van der Waals surface area contributed by atoms with Crippen LogP contribution in [0.3, 0.4) is 0 Å². The molecule has 3 amide bonds. The van der Waals surface area contributed by atoms with Gasteiger partial charge in [-0.25, -0.2) is 19.5 Å². The van der Waals surface area contributed by atoms with E-state index < -0.39 is 18.1 Å². The summed E-state index contributed by atoms with van der Waals surface area (Å²) >= 11 is 12.8. The van der Waals surface area contributed by atoms with Gasteiger partial charge in [0, 0.05) is 82.3 Å². The molecule has 0 saturated carbocycles. The molecule has 0 aliphatic heterocycles. The zero-order valence-corrected chi connectivity index (χ0v) is 60.6. The second-order valence-electron chi connectivity index (χ2n) is 25.4. The van der Waals surface area contributed by atoms with Crippen LogP contribution in [0.5, 0.6) is 5.88 Å². The summed E-state index contributed by atoms with van der Waals surface area (Å²) < 4.78 is 11.8. The van der Waals surface area contributed by atoms with E-state index >= 15 is 0 Å². The number of carbonyl (C=O) groups is 3. The van der Waals surface area contributed by atoms with Crippen molar-refractivity contribution in [2.75, 3.05) is 7.11 Å². The molecule has 106 heavy (non-hydrogen) atoms. The van der Waals surface area contributed by atoms with Crippen molar-refractivity contribution in [3.05, 3.63) is 329 Å². The van der Waals surface area contributed by atoms with Crippen LogP contribution in [-0.2, 0) is 0 Å². The minimum atomic E-state index is -0.507. The Labute approximate surface area is 617 Å². The molecule has 0 unspecified atom stereocenters. The van der Waals surface area contributed by atoms with Crippen LogP contribution in [0.4, 0.5) is 0 Å². The first-order valence-electron chi connectivity index (χ1n) is 34.0. The number of rotatable bonds is 14. The summed E-state index contributed by atoms with van der Waals surface area (Å²) in [4.78, 5) is 107. The Kier molecular flexibility index (Phi) is 20.7. The molecule has 0 radical (unpaired) electrons. The highest BCUT2D eigenvalue weighted by molar-refractivity contribution is 6.36. The molecule has 0 aliphatic carbocycles. The number of hydrogen-bond donors (Lipinski definition) is 3. The number of aromatic nitrogens is 11. The van der Waals surface area contributed by atoms with E-state index in [1.165, 1.54) is 0 Å². The maximum atomic E-state index is 14.2. The average molecular weight is 1450 g/mol. The van der Waals surface area contributed by atoms with Gasteiger partial charge >= 0.3 is 0 Å². The SMILES string of the molecule is COc1cc(-c2cccc3cc([C@H](C)NC(=O)c4ncc(C)nc4C)n(-c4ccccc4)c(=O)c23)ccn1.Cc1ccn2nc(C)c(C(=O)N[C@@H](C)c3cc4cccc(Cl)c4c(=O)n3-c3ccccc3)c2n1.Cc1ncc2cccnc2c1C(=O)N[C@@H](C)c1cc2cccc(Cl)c2c(=O)n1-c1ccccc1. The first-order valence-corrected chi connectivity index (χ1v) is 34.7. The number of fused-ring (bicyclic) bond motifs is 5. The van der Waals surface area contributed by atoms with E-state index in [-0.39, 0.29) is 40.1 Å². The zero-order valence-electron chi connectivity index (χ0n) is 59.1. The van der Waals surface area contributed by atoms with Gasteiger partial charge in [-0.05, 0) is 174 Å². The van der Waals surface area contributed by atoms with E-state index in [0.29, 0.717) is 116 Å². The van der Waals surface area contributed by atoms with Crippen LogP contribution < -0.4 is 37.4 Å². The van der Waals surface area contributed by atoms with Gasteiger partial charge in [0.25, 0.3) is 34.4 Å². The number of methoxy groups -OCH3 is 1. The van der Waals surface area contributed by atoms with Crippen molar-refractivity contribution in [3.8, 4) is 34.1 Å². The molecular formula is C83H70Cl2N14O7. The van der Waals surface area contributed by atoms with Gasteiger partial charge in [-0.15, -0.1) is 0 Å². The number of amides is 3. The fourth-order valence-corrected chi connectivity index (χ4v) is 13.6. The van der Waals surface area contributed by atoms with Crippen molar-refractivity contribution in [2.24, 2.45) is 0 Å². The monoisotopic (exact) mass is 1440 g/mol. The van der Waals surface area contributed by atoms with Gasteiger partial charge in [0.2, 0.25) is 5.88 Å². The summed E-state index contributed by atoms with van der Waals surface area (Å²) in [5.74, 6) is -0.506. The second-order valence-corrected chi connectivity index (χ2v) is 26.2. The van der Waals surface area contributed by atoms with Gasteiger partial charge in [-0.3, -0.25) is 57.4 Å². The summed E-state index contributed by atoms with van der Waals surface area (Å²) in [6, 6.07) is 57.9. The molecule has 6 aromatic carbocycles. The number of hydrogen-bond acceptors (Lipinski definition) is 14. The topological polar surface area (TPSA) is 257 Å². The number of pyridine rings is 6. The van der Waals surface area contributed by atoms with Crippen LogP contribution in [0.25, 0.3) is 77.1 Å². The van der Waals surface area contributed by atoms with Crippen LogP contribution in [0.15, 0.2) is 239 Å². The minimum Gasteiger partial charge on any atom is -0.481 e. The Morgan fingerprint density at radius 3 is 1.46 bits per heavy atom. The molecular weight excluding hydrogens is 1380 g/mol. The van der Waals surface area contributed by atoms with E-state index in [4.69, 9.17) is 27.9 Å². The lowest BCUT2D eigenvalue weighted by Crippen LogP contribution is -2.33. The van der Waals surface area contributed by atoms with Crippen LogP contribution >= 0.6 is 23.2 Å². The fraction of sp³-hybridized carbons (Fsp3) is 0.145. The molecule has 0 fully saturated rings. The molecule has 9 heterocycles. The standard InChI is InChI=1S/C30H27N5O3.C27H21ClN4O2.C26H22ClN5O2/c1-18-17-32-28(20(3)33-18)29(36)34-19(2)25-15-22-9-8-12-24(21-13-14-31-26(16-21)38-4)27(22)30(37)35(25)23-10-6-5-7-11-23;1-16(31-26(33)23-17(2)30-15-19-9-7-13-29-25(19)23)22-14-18-8-6-12-21(28)24(18)27(34)32(22)20-10-4-3-5-11-20;1-15-12-13-31-24(28-15)22(17(3)30-31)25(33)29-16(2)21-14-18-8-7-11-20(27)23(18)26(34)32(21)19-9-5-4-6-10-19/h5-17,19H,1-4H3,(H,34,36);3-16H,1-2H3,(H,31,33);4-14,16H,1-3H3,(H,29,33)/t19-;2*16-/m000/s1. The summed E-state index contributed by atoms with van der Waals surface area (Å²) in [6.07, 6.45) is 8.37. The number of aryl methyl sites for hydroxylation is 5. The molecule has 9 aromatic heterocycles. The lowest BCUT2D eigenvalue weighted by molar-refractivity contribution is 0.0926. The van der Waals surface area contributed by atoms with Crippen LogP contribution in [0.2, 0.25) is 10.0 Å². The normalized spacial score (nSPS) is 12.0. The van der Waals surface area contributed by atoms with E-state index in [0.717, 1.165) is 33.3 Å². The maximum absolute atomic E-state index is 14.2. The van der Waals surface area contributed by atoms with Crippen molar-refractivity contribution in [1.29, 1.82) is 0 Å². The number of nitrogens with one attached hydrogen (secondary N) is 3. The van der Waals surface area contributed by atoms with Gasteiger partial charge in [-0.1, -0.05) is 120 Å². The van der Waals surface area contributed by atoms with E-state index in [9.17, 15) is 28.8 Å². The highest BCUT2D eigenvalue weighted by Crippen LogP contribution is 2.33. The fourth-order valence-electron chi connectivity index (χ4n) is 13.1. The first kappa shape index (κ1) is 71.5. The molecule has 3 atom stereocenters. The molecule has 0 spiro atoms. The third-order valence-corrected chi connectivity index (χ3v) is 18.8. The van der Waals surface area contributed by atoms with Crippen molar-refractivity contribution in [2.45, 2.75) is 73.5 Å². The molecule has 0 bridgehead atoms. The molecule has 21 nitrogen and oxygen atoms in total. The number of carbonyl (C=O) groups excluding carboxylic acids is 3. The number of ether oxygens (including phenoxy) is 1. The number of benzene rings is 6. The predicted molar refractivity (Wildman–Crippen MR) is 414 cm³/mol. The van der Waals surface area contributed by atoms with Crippen molar-refractivity contribution in [1.82, 2.24) is 69.2 Å².